The average Bonchev–Trinajstić information content (AvgIpc) is 3.54. The molecule has 7 heteroatoms. The number of carbonyl (C=O) groups excluding carboxylic acids is 2. The lowest BCUT2D eigenvalue weighted by Gasteiger charge is -2.32. The van der Waals surface area contributed by atoms with Crippen LogP contribution in [-0.2, 0) is 6.42 Å². The highest BCUT2D eigenvalue weighted by Gasteiger charge is 2.26. The summed E-state index contributed by atoms with van der Waals surface area (Å²) in [5, 5.41) is 7.43. The van der Waals surface area contributed by atoms with Crippen LogP contribution in [0.2, 0.25) is 0 Å². The number of nitrogens with one attached hydrogen (secondary N) is 1. The van der Waals surface area contributed by atoms with E-state index in [2.05, 4.69) is 35.5 Å². The third-order valence-electron chi connectivity index (χ3n) is 7.01. The molecule has 3 aromatic rings. The topological polar surface area (TPSA) is 70.0 Å². The molecular formula is C26H31N5O2. The molecule has 0 aliphatic carbocycles. The molecule has 0 spiro atoms. The SMILES string of the molecule is CCc1cccc(NC(=O)N2CCC(c3ccn4ncc(C(=O)N5CCCC5)c4c3)CC2)c1. The lowest BCUT2D eigenvalue weighted by molar-refractivity contribution is 0.0794. The van der Waals surface area contributed by atoms with Gasteiger partial charge in [-0.05, 0) is 73.4 Å². The van der Waals surface area contributed by atoms with Gasteiger partial charge >= 0.3 is 6.03 Å². The highest BCUT2D eigenvalue weighted by Crippen LogP contribution is 2.30. The number of piperidine rings is 1. The summed E-state index contributed by atoms with van der Waals surface area (Å²) in [6, 6.07) is 12.2. The number of hydrogen-bond donors (Lipinski definition) is 1. The number of aryl methyl sites for hydroxylation is 1. The molecule has 2 saturated heterocycles. The number of nitrogens with zero attached hydrogens (tertiary/aromatic N) is 4. The number of benzene rings is 1. The van der Waals surface area contributed by atoms with E-state index in [9.17, 15) is 9.59 Å². The first kappa shape index (κ1) is 21.5. The van der Waals surface area contributed by atoms with Crippen LogP contribution < -0.4 is 5.32 Å². The number of rotatable bonds is 4. The number of carbonyl (C=O) groups is 2. The van der Waals surface area contributed by atoms with Gasteiger partial charge in [-0.1, -0.05) is 19.1 Å². The molecule has 0 unspecified atom stereocenters. The van der Waals surface area contributed by atoms with Crippen molar-refractivity contribution in [3.8, 4) is 0 Å². The predicted molar refractivity (Wildman–Crippen MR) is 129 cm³/mol. The van der Waals surface area contributed by atoms with Crippen molar-refractivity contribution in [1.29, 1.82) is 0 Å². The Morgan fingerprint density at radius 1 is 1.03 bits per heavy atom. The Bertz CT molecular complexity index is 1160. The third kappa shape index (κ3) is 4.45. The van der Waals surface area contributed by atoms with Crippen LogP contribution in [0.4, 0.5) is 10.5 Å². The zero-order chi connectivity index (χ0) is 22.8. The Morgan fingerprint density at radius 3 is 2.58 bits per heavy atom. The van der Waals surface area contributed by atoms with E-state index in [1.54, 1.807) is 10.7 Å². The number of urea groups is 1. The number of anilines is 1. The van der Waals surface area contributed by atoms with E-state index in [-0.39, 0.29) is 11.9 Å². The summed E-state index contributed by atoms with van der Waals surface area (Å²) in [6.07, 6.45) is 8.55. The van der Waals surface area contributed by atoms with Crippen LogP contribution >= 0.6 is 0 Å². The first-order valence-corrected chi connectivity index (χ1v) is 12.0. The Kier molecular flexibility index (Phi) is 6.03. The second-order valence-corrected chi connectivity index (χ2v) is 9.09. The summed E-state index contributed by atoms with van der Waals surface area (Å²) in [7, 11) is 0. The van der Waals surface area contributed by atoms with Gasteiger partial charge in [0.25, 0.3) is 5.91 Å². The highest BCUT2D eigenvalue weighted by molar-refractivity contribution is 6.00. The van der Waals surface area contributed by atoms with Gasteiger partial charge < -0.3 is 15.1 Å². The van der Waals surface area contributed by atoms with Crippen molar-refractivity contribution in [2.24, 2.45) is 0 Å². The summed E-state index contributed by atoms with van der Waals surface area (Å²) < 4.78 is 1.79. The second-order valence-electron chi connectivity index (χ2n) is 9.09. The van der Waals surface area contributed by atoms with E-state index < -0.39 is 0 Å². The van der Waals surface area contributed by atoms with Crippen molar-refractivity contribution >= 4 is 23.1 Å². The molecule has 1 aromatic carbocycles. The fourth-order valence-corrected chi connectivity index (χ4v) is 4.99. The van der Waals surface area contributed by atoms with Crippen molar-refractivity contribution in [3.63, 3.8) is 0 Å². The standard InChI is InChI=1S/C26H31N5O2/c1-2-19-6-5-7-22(16-19)28-26(33)30-13-8-20(9-14-30)21-10-15-31-24(17-21)23(18-27-31)25(32)29-11-3-4-12-29/h5-7,10,15-18,20H,2-4,8-9,11-14H2,1H3,(H,28,33). The molecule has 1 N–H and O–H groups in total. The molecule has 172 valence electrons. The van der Waals surface area contributed by atoms with Crippen molar-refractivity contribution in [1.82, 2.24) is 19.4 Å². The number of hydrogen-bond acceptors (Lipinski definition) is 3. The molecule has 4 heterocycles. The smallest absolute Gasteiger partial charge is 0.321 e. The van der Waals surface area contributed by atoms with E-state index in [1.165, 1.54) is 11.1 Å². The monoisotopic (exact) mass is 445 g/mol. The maximum Gasteiger partial charge on any atom is 0.321 e. The maximum absolute atomic E-state index is 12.9. The van der Waals surface area contributed by atoms with Gasteiger partial charge in [-0.3, -0.25) is 4.79 Å². The number of likely N-dealkylation sites (tertiary alicyclic amines) is 2. The van der Waals surface area contributed by atoms with Crippen LogP contribution in [0.25, 0.3) is 5.52 Å². The van der Waals surface area contributed by atoms with Crippen molar-refractivity contribution < 1.29 is 9.59 Å². The van der Waals surface area contributed by atoms with Gasteiger partial charge in [-0.2, -0.15) is 5.10 Å². The van der Waals surface area contributed by atoms with Crippen LogP contribution in [0.5, 0.6) is 0 Å². The molecule has 0 radical (unpaired) electrons. The zero-order valence-electron chi connectivity index (χ0n) is 19.2. The molecule has 0 saturated carbocycles. The maximum atomic E-state index is 12.9. The number of aromatic nitrogens is 2. The summed E-state index contributed by atoms with van der Waals surface area (Å²) >= 11 is 0. The Balaban J connectivity index is 1.25. The number of fused-ring (bicyclic) bond motifs is 1. The minimum absolute atomic E-state index is 0.0357. The molecule has 0 bridgehead atoms. The molecule has 2 fully saturated rings. The minimum atomic E-state index is -0.0357. The molecule has 0 atom stereocenters. The van der Waals surface area contributed by atoms with E-state index in [0.29, 0.717) is 24.6 Å². The van der Waals surface area contributed by atoms with Crippen LogP contribution in [-0.4, -0.2) is 57.5 Å². The summed E-state index contributed by atoms with van der Waals surface area (Å²) in [5.74, 6) is 0.449. The van der Waals surface area contributed by atoms with Crippen LogP contribution in [0, 0.1) is 0 Å². The summed E-state index contributed by atoms with van der Waals surface area (Å²) in [6.45, 7) is 5.21. The van der Waals surface area contributed by atoms with Gasteiger partial charge in [0, 0.05) is 38.1 Å². The molecule has 2 aliphatic heterocycles. The molecule has 2 aromatic heterocycles. The molecule has 3 amide bonds. The highest BCUT2D eigenvalue weighted by atomic mass is 16.2. The normalized spacial score (nSPS) is 17.0. The molecule has 7 nitrogen and oxygen atoms in total. The van der Waals surface area contributed by atoms with Gasteiger partial charge in [0.2, 0.25) is 0 Å². The summed E-state index contributed by atoms with van der Waals surface area (Å²) in [5.41, 5.74) is 4.84. The molecule has 5 rings (SSSR count). The van der Waals surface area contributed by atoms with Crippen molar-refractivity contribution in [2.45, 2.75) is 44.9 Å². The Morgan fingerprint density at radius 2 is 1.82 bits per heavy atom. The molecule has 2 aliphatic rings. The van der Waals surface area contributed by atoms with Crippen LogP contribution in [0.3, 0.4) is 0 Å². The van der Waals surface area contributed by atoms with Gasteiger partial charge in [0.1, 0.15) is 0 Å². The van der Waals surface area contributed by atoms with E-state index in [1.807, 2.05) is 34.2 Å². The first-order valence-electron chi connectivity index (χ1n) is 12.0. The largest absolute Gasteiger partial charge is 0.339 e. The van der Waals surface area contributed by atoms with Gasteiger partial charge in [-0.15, -0.1) is 0 Å². The fraction of sp³-hybridized carbons (Fsp3) is 0.423. The zero-order valence-corrected chi connectivity index (χ0v) is 19.2. The van der Waals surface area contributed by atoms with Crippen LogP contribution in [0.15, 0.2) is 48.8 Å². The van der Waals surface area contributed by atoms with E-state index >= 15 is 0 Å². The lowest BCUT2D eigenvalue weighted by atomic mass is 9.89. The average molecular weight is 446 g/mol. The Hall–Kier alpha value is -3.35. The number of pyridine rings is 1. The fourth-order valence-electron chi connectivity index (χ4n) is 4.99. The Labute approximate surface area is 194 Å². The van der Waals surface area contributed by atoms with Gasteiger partial charge in [0.05, 0.1) is 17.3 Å². The second kappa shape index (κ2) is 9.25. The van der Waals surface area contributed by atoms with E-state index in [4.69, 9.17) is 0 Å². The minimum Gasteiger partial charge on any atom is -0.339 e. The first-order chi connectivity index (χ1) is 16.1. The summed E-state index contributed by atoms with van der Waals surface area (Å²) in [4.78, 5) is 29.5. The molecular weight excluding hydrogens is 414 g/mol. The third-order valence-corrected chi connectivity index (χ3v) is 7.01. The molecule has 33 heavy (non-hydrogen) atoms. The quantitative estimate of drug-likeness (QED) is 0.641. The van der Waals surface area contributed by atoms with Crippen molar-refractivity contribution in [3.05, 3.63) is 65.5 Å². The lowest BCUT2D eigenvalue weighted by Crippen LogP contribution is -2.40. The van der Waals surface area contributed by atoms with Crippen LogP contribution in [0.1, 0.15) is 60.0 Å². The predicted octanol–water partition coefficient (Wildman–Crippen LogP) is 4.54. The van der Waals surface area contributed by atoms with Crippen molar-refractivity contribution in [2.75, 3.05) is 31.5 Å². The van der Waals surface area contributed by atoms with Gasteiger partial charge in [-0.25, -0.2) is 9.31 Å². The van der Waals surface area contributed by atoms with E-state index in [0.717, 1.165) is 56.4 Å². The van der Waals surface area contributed by atoms with Gasteiger partial charge in [0.15, 0.2) is 0 Å². The number of amides is 3.